The third-order valence-electron chi connectivity index (χ3n) is 4.04. The highest BCUT2D eigenvalue weighted by atomic mass is 32.2. The molecule has 0 fully saturated rings. The fourth-order valence-corrected chi connectivity index (χ4v) is 3.92. The molecule has 6 nitrogen and oxygen atoms in total. The Morgan fingerprint density at radius 2 is 1.88 bits per heavy atom. The van der Waals surface area contributed by atoms with Crippen molar-refractivity contribution >= 4 is 21.6 Å². The van der Waals surface area contributed by atoms with Crippen molar-refractivity contribution in [2.75, 3.05) is 31.6 Å². The Morgan fingerprint density at radius 3 is 2.54 bits per heavy atom. The van der Waals surface area contributed by atoms with Gasteiger partial charge in [-0.3, -0.25) is 9.10 Å². The van der Waals surface area contributed by atoms with Gasteiger partial charge < -0.3 is 10.1 Å². The van der Waals surface area contributed by atoms with Gasteiger partial charge >= 0.3 is 0 Å². The molecule has 7 heteroatoms. The molecule has 0 unspecified atom stereocenters. The summed E-state index contributed by atoms with van der Waals surface area (Å²) in [5, 5.41) is 2.68. The van der Waals surface area contributed by atoms with Gasteiger partial charge in [-0.25, -0.2) is 8.42 Å². The van der Waals surface area contributed by atoms with Gasteiger partial charge in [0.15, 0.2) is 0 Å². The lowest BCUT2D eigenvalue weighted by atomic mass is 10.1. The second-order valence-corrected chi connectivity index (χ2v) is 8.01. The molecule has 1 amide bonds. The predicted molar refractivity (Wildman–Crippen MR) is 102 cm³/mol. The summed E-state index contributed by atoms with van der Waals surface area (Å²) in [6.45, 7) is 4.57. The summed E-state index contributed by atoms with van der Waals surface area (Å²) in [5.41, 5.74) is 2.82. The Balaban J connectivity index is 2.31. The number of amides is 1. The molecule has 0 aromatic heterocycles. The number of hydrogen-bond donors (Lipinski definition) is 1. The fraction of sp³-hybridized carbons (Fsp3) is 0.316. The van der Waals surface area contributed by atoms with Gasteiger partial charge in [0.1, 0.15) is 0 Å². The lowest BCUT2D eigenvalue weighted by Gasteiger charge is -2.22. The summed E-state index contributed by atoms with van der Waals surface area (Å²) in [5.74, 6) is -0.340. The van der Waals surface area contributed by atoms with E-state index in [2.05, 4.69) is 5.32 Å². The maximum Gasteiger partial charge on any atom is 0.264 e. The zero-order chi connectivity index (χ0) is 19.3. The maximum atomic E-state index is 13.0. The summed E-state index contributed by atoms with van der Waals surface area (Å²) in [4.78, 5) is 12.2. The predicted octanol–water partition coefficient (Wildman–Crippen LogP) is 2.50. The highest BCUT2D eigenvalue weighted by Gasteiger charge is 2.23. The number of benzene rings is 2. The number of aryl methyl sites for hydroxylation is 2. The summed E-state index contributed by atoms with van der Waals surface area (Å²) in [7, 11) is -0.724. The number of hydrogen-bond acceptors (Lipinski definition) is 4. The highest BCUT2D eigenvalue weighted by Crippen LogP contribution is 2.26. The lowest BCUT2D eigenvalue weighted by Crippen LogP contribution is -2.29. The second kappa shape index (κ2) is 8.33. The third kappa shape index (κ3) is 4.42. The number of anilines is 1. The molecule has 1 N–H and O–H groups in total. The van der Waals surface area contributed by atoms with Crippen molar-refractivity contribution in [1.29, 1.82) is 0 Å². The topological polar surface area (TPSA) is 75.7 Å². The standard InChI is InChI=1S/C19H24N2O4S/c1-14-8-9-18(15(2)12-14)21(3)26(23,24)17-7-5-6-16(13-17)19(22)20-10-11-25-4/h5-9,12-13H,10-11H2,1-4H3,(H,20,22). The van der Waals surface area contributed by atoms with E-state index in [4.69, 9.17) is 4.74 Å². The van der Waals surface area contributed by atoms with Gasteiger partial charge in [-0.2, -0.15) is 0 Å². The van der Waals surface area contributed by atoms with E-state index >= 15 is 0 Å². The van der Waals surface area contributed by atoms with E-state index in [-0.39, 0.29) is 16.4 Å². The molecule has 0 saturated heterocycles. The number of nitrogens with zero attached hydrogens (tertiary/aromatic N) is 1. The van der Waals surface area contributed by atoms with Crippen LogP contribution in [0.1, 0.15) is 21.5 Å². The number of ether oxygens (including phenoxy) is 1. The number of rotatable bonds is 7. The zero-order valence-corrected chi connectivity index (χ0v) is 16.3. The number of methoxy groups -OCH3 is 1. The first kappa shape index (κ1) is 19.9. The first-order chi connectivity index (χ1) is 12.3. The SMILES string of the molecule is COCCNC(=O)c1cccc(S(=O)(=O)N(C)c2ccc(C)cc2C)c1. The molecule has 0 saturated carbocycles. The molecule has 0 aliphatic carbocycles. The summed E-state index contributed by atoms with van der Waals surface area (Å²) in [6.07, 6.45) is 0. The van der Waals surface area contributed by atoms with Gasteiger partial charge in [0.05, 0.1) is 17.2 Å². The zero-order valence-electron chi connectivity index (χ0n) is 15.4. The Morgan fingerprint density at radius 1 is 1.15 bits per heavy atom. The van der Waals surface area contributed by atoms with Crippen LogP contribution >= 0.6 is 0 Å². The molecule has 0 aliphatic rings. The van der Waals surface area contributed by atoms with Gasteiger partial charge in [-0.05, 0) is 43.7 Å². The van der Waals surface area contributed by atoms with E-state index in [1.54, 1.807) is 25.3 Å². The van der Waals surface area contributed by atoms with Gasteiger partial charge in [0.25, 0.3) is 15.9 Å². The van der Waals surface area contributed by atoms with E-state index in [1.165, 1.54) is 23.5 Å². The number of carbonyl (C=O) groups excluding carboxylic acids is 1. The van der Waals surface area contributed by atoms with Crippen molar-refractivity contribution in [2.45, 2.75) is 18.7 Å². The Kier molecular flexibility index (Phi) is 6.39. The molecular formula is C19H24N2O4S. The van der Waals surface area contributed by atoms with Gasteiger partial charge in [0.2, 0.25) is 0 Å². The minimum atomic E-state index is -3.78. The van der Waals surface area contributed by atoms with Crippen molar-refractivity contribution in [3.63, 3.8) is 0 Å². The molecule has 0 aliphatic heterocycles. The van der Waals surface area contributed by atoms with Crippen LogP contribution in [-0.4, -0.2) is 41.6 Å². The minimum Gasteiger partial charge on any atom is -0.383 e. The summed E-state index contributed by atoms with van der Waals surface area (Å²) >= 11 is 0. The highest BCUT2D eigenvalue weighted by molar-refractivity contribution is 7.92. The van der Waals surface area contributed by atoms with Crippen LogP contribution in [0.2, 0.25) is 0 Å². The normalized spacial score (nSPS) is 11.2. The van der Waals surface area contributed by atoms with Crippen molar-refractivity contribution in [1.82, 2.24) is 5.32 Å². The first-order valence-electron chi connectivity index (χ1n) is 8.20. The van der Waals surface area contributed by atoms with Crippen LogP contribution in [0, 0.1) is 13.8 Å². The summed E-state index contributed by atoms with van der Waals surface area (Å²) in [6, 6.07) is 11.6. The van der Waals surface area contributed by atoms with Crippen LogP contribution in [0.4, 0.5) is 5.69 Å². The van der Waals surface area contributed by atoms with Crippen LogP contribution in [-0.2, 0) is 14.8 Å². The average Bonchev–Trinajstić information content (AvgIpc) is 2.61. The number of carbonyl (C=O) groups is 1. The molecular weight excluding hydrogens is 352 g/mol. The average molecular weight is 376 g/mol. The smallest absolute Gasteiger partial charge is 0.264 e. The minimum absolute atomic E-state index is 0.0689. The van der Waals surface area contributed by atoms with Crippen molar-refractivity contribution in [3.05, 3.63) is 59.2 Å². The first-order valence-corrected chi connectivity index (χ1v) is 9.64. The molecule has 0 spiro atoms. The molecule has 0 bridgehead atoms. The van der Waals surface area contributed by atoms with Crippen molar-refractivity contribution in [2.24, 2.45) is 0 Å². The molecule has 0 heterocycles. The second-order valence-electron chi connectivity index (χ2n) is 6.04. The van der Waals surface area contributed by atoms with E-state index in [9.17, 15) is 13.2 Å². The molecule has 2 rings (SSSR count). The molecule has 2 aromatic carbocycles. The fourth-order valence-electron chi connectivity index (χ4n) is 2.61. The largest absolute Gasteiger partial charge is 0.383 e. The quantitative estimate of drug-likeness (QED) is 0.754. The maximum absolute atomic E-state index is 13.0. The van der Waals surface area contributed by atoms with E-state index in [0.717, 1.165) is 11.1 Å². The molecule has 140 valence electrons. The number of nitrogens with one attached hydrogen (secondary N) is 1. The van der Waals surface area contributed by atoms with Gasteiger partial charge in [-0.1, -0.05) is 23.8 Å². The molecule has 26 heavy (non-hydrogen) atoms. The van der Waals surface area contributed by atoms with E-state index in [1.807, 2.05) is 26.0 Å². The Labute approximate surface area is 154 Å². The lowest BCUT2D eigenvalue weighted by molar-refractivity contribution is 0.0937. The number of sulfonamides is 1. The van der Waals surface area contributed by atoms with E-state index < -0.39 is 10.0 Å². The third-order valence-corrected chi connectivity index (χ3v) is 5.81. The van der Waals surface area contributed by atoms with Crippen molar-refractivity contribution in [3.8, 4) is 0 Å². The van der Waals surface area contributed by atoms with Gasteiger partial charge in [-0.15, -0.1) is 0 Å². The van der Waals surface area contributed by atoms with Crippen LogP contribution in [0.3, 0.4) is 0 Å². The van der Waals surface area contributed by atoms with Crippen LogP contribution in [0.15, 0.2) is 47.4 Å². The van der Waals surface area contributed by atoms with E-state index in [0.29, 0.717) is 18.8 Å². The molecule has 0 radical (unpaired) electrons. The van der Waals surface area contributed by atoms with Crippen LogP contribution in [0.5, 0.6) is 0 Å². The Bertz CT molecular complexity index is 894. The molecule has 0 atom stereocenters. The van der Waals surface area contributed by atoms with Crippen LogP contribution in [0.25, 0.3) is 0 Å². The molecule has 2 aromatic rings. The Hall–Kier alpha value is -2.38. The van der Waals surface area contributed by atoms with Crippen molar-refractivity contribution < 1.29 is 17.9 Å². The van der Waals surface area contributed by atoms with Gasteiger partial charge in [0, 0.05) is 26.3 Å². The summed E-state index contributed by atoms with van der Waals surface area (Å²) < 4.78 is 32.1. The monoisotopic (exact) mass is 376 g/mol. The van der Waals surface area contributed by atoms with Crippen LogP contribution < -0.4 is 9.62 Å².